The van der Waals surface area contributed by atoms with E-state index in [4.69, 9.17) is 0 Å². The van der Waals surface area contributed by atoms with Crippen molar-refractivity contribution in [3.05, 3.63) is 35.9 Å². The molecule has 2 atom stereocenters. The molecule has 0 aliphatic carbocycles. The number of amides is 1. The Morgan fingerprint density at radius 2 is 1.86 bits per heavy atom. The van der Waals surface area contributed by atoms with E-state index in [2.05, 4.69) is 5.32 Å². The number of aliphatic carboxylic acids is 1. The maximum Gasteiger partial charge on any atom is 0.326 e. The molecule has 0 saturated carbocycles. The van der Waals surface area contributed by atoms with E-state index in [-0.39, 0.29) is 5.91 Å². The number of benzene rings is 1. The van der Waals surface area contributed by atoms with Gasteiger partial charge in [0.1, 0.15) is 12.1 Å². The lowest BCUT2D eigenvalue weighted by Crippen LogP contribution is -2.45. The molecule has 0 aromatic heterocycles. The molecule has 1 amide bonds. The lowest BCUT2D eigenvalue weighted by molar-refractivity contribution is -0.142. The topological polar surface area (TPSA) is 69.6 Å². The number of carboxylic acids is 1. The molecule has 2 unspecified atom stereocenters. The third-order valence-electron chi connectivity index (χ3n) is 3.34. The van der Waals surface area contributed by atoms with E-state index in [1.807, 2.05) is 37.3 Å². The zero-order valence-electron chi connectivity index (χ0n) is 12.9. The van der Waals surface area contributed by atoms with Crippen molar-refractivity contribution in [2.45, 2.75) is 38.3 Å². The summed E-state index contributed by atoms with van der Waals surface area (Å²) in [6.45, 7) is 1.99. The fourth-order valence-electron chi connectivity index (χ4n) is 2.24. The van der Waals surface area contributed by atoms with Gasteiger partial charge in [-0.15, -0.1) is 0 Å². The average molecular weight is 292 g/mol. The summed E-state index contributed by atoms with van der Waals surface area (Å²) in [5, 5.41) is 11.9. The van der Waals surface area contributed by atoms with Crippen LogP contribution in [-0.4, -0.2) is 42.0 Å². The minimum atomic E-state index is -0.984. The number of carbonyl (C=O) groups excluding carboxylic acids is 1. The van der Waals surface area contributed by atoms with Gasteiger partial charge in [-0.1, -0.05) is 50.1 Å². The maximum atomic E-state index is 12.4. The summed E-state index contributed by atoms with van der Waals surface area (Å²) in [4.78, 5) is 25.5. The lowest BCUT2D eigenvalue weighted by Gasteiger charge is -2.25. The van der Waals surface area contributed by atoms with Gasteiger partial charge in [0.2, 0.25) is 5.91 Å². The smallest absolute Gasteiger partial charge is 0.326 e. The summed E-state index contributed by atoms with van der Waals surface area (Å²) in [5.74, 6) is -1.27. The number of likely N-dealkylation sites (N-methyl/N-ethyl adjacent to an activating group) is 1. The van der Waals surface area contributed by atoms with E-state index in [1.165, 1.54) is 0 Å². The molecule has 0 heterocycles. The largest absolute Gasteiger partial charge is 0.480 e. The van der Waals surface area contributed by atoms with Gasteiger partial charge in [-0.2, -0.15) is 0 Å². The Morgan fingerprint density at radius 3 is 2.33 bits per heavy atom. The van der Waals surface area contributed by atoms with Crippen LogP contribution in [-0.2, 0) is 9.59 Å². The van der Waals surface area contributed by atoms with Crippen LogP contribution in [0.4, 0.5) is 0 Å². The van der Waals surface area contributed by atoms with E-state index in [0.29, 0.717) is 6.42 Å². The Morgan fingerprint density at radius 1 is 1.24 bits per heavy atom. The second kappa shape index (κ2) is 8.42. The molecule has 1 aromatic rings. The molecule has 0 aliphatic rings. The highest BCUT2D eigenvalue weighted by molar-refractivity contribution is 5.87. The number of carboxylic acid groups (broad SMARTS) is 1. The SMILES string of the molecule is CCCCC(NC(=O)C(c1ccccc1)N(C)C)C(=O)O. The molecular weight excluding hydrogens is 268 g/mol. The van der Waals surface area contributed by atoms with Gasteiger partial charge in [0.05, 0.1) is 0 Å². The molecule has 0 bridgehead atoms. The lowest BCUT2D eigenvalue weighted by atomic mass is 10.0. The van der Waals surface area contributed by atoms with Crippen molar-refractivity contribution in [2.24, 2.45) is 0 Å². The number of hydrogen-bond donors (Lipinski definition) is 2. The van der Waals surface area contributed by atoms with Crippen LogP contribution in [0, 0.1) is 0 Å². The normalized spacial score (nSPS) is 13.7. The van der Waals surface area contributed by atoms with Crippen LogP contribution in [0.5, 0.6) is 0 Å². The second-order valence-corrected chi connectivity index (χ2v) is 5.32. The van der Waals surface area contributed by atoms with Crippen molar-refractivity contribution in [1.29, 1.82) is 0 Å². The summed E-state index contributed by atoms with van der Waals surface area (Å²) in [5.41, 5.74) is 0.847. The molecule has 2 N–H and O–H groups in total. The van der Waals surface area contributed by atoms with Gasteiger partial charge < -0.3 is 10.4 Å². The maximum absolute atomic E-state index is 12.4. The Labute approximate surface area is 126 Å². The summed E-state index contributed by atoms with van der Waals surface area (Å²) in [6.07, 6.45) is 2.12. The Bertz CT molecular complexity index is 460. The summed E-state index contributed by atoms with van der Waals surface area (Å²) in [7, 11) is 3.61. The van der Waals surface area contributed by atoms with Crippen LogP contribution in [0.15, 0.2) is 30.3 Å². The minimum absolute atomic E-state index is 0.283. The predicted octanol–water partition coefficient (Wildman–Crippen LogP) is 2.05. The standard InChI is InChI=1S/C16H24N2O3/c1-4-5-11-13(16(20)21)17-15(19)14(18(2)3)12-9-7-6-8-10-12/h6-10,13-14H,4-5,11H2,1-3H3,(H,17,19)(H,20,21). The van der Waals surface area contributed by atoms with E-state index in [1.54, 1.807) is 19.0 Å². The van der Waals surface area contributed by atoms with Gasteiger partial charge in [-0.05, 0) is 26.1 Å². The van der Waals surface area contributed by atoms with Crippen LogP contribution in [0.2, 0.25) is 0 Å². The molecule has 0 aliphatic heterocycles. The third kappa shape index (κ3) is 5.19. The molecule has 116 valence electrons. The molecule has 5 heteroatoms. The molecule has 0 radical (unpaired) electrons. The van der Waals surface area contributed by atoms with E-state index in [0.717, 1.165) is 18.4 Å². The minimum Gasteiger partial charge on any atom is -0.480 e. The van der Waals surface area contributed by atoms with Crippen LogP contribution >= 0.6 is 0 Å². The van der Waals surface area contributed by atoms with Gasteiger partial charge in [-0.3, -0.25) is 9.69 Å². The highest BCUT2D eigenvalue weighted by atomic mass is 16.4. The van der Waals surface area contributed by atoms with Gasteiger partial charge in [0, 0.05) is 0 Å². The number of hydrogen-bond acceptors (Lipinski definition) is 3. The van der Waals surface area contributed by atoms with Crippen molar-refractivity contribution < 1.29 is 14.7 Å². The van der Waals surface area contributed by atoms with Gasteiger partial charge in [-0.25, -0.2) is 4.79 Å². The average Bonchev–Trinajstić information content (AvgIpc) is 2.44. The number of nitrogens with one attached hydrogen (secondary N) is 1. The highest BCUT2D eigenvalue weighted by Crippen LogP contribution is 2.18. The van der Waals surface area contributed by atoms with Crippen molar-refractivity contribution in [2.75, 3.05) is 14.1 Å². The van der Waals surface area contributed by atoms with Crippen molar-refractivity contribution in [3.8, 4) is 0 Å². The van der Waals surface area contributed by atoms with Crippen LogP contribution in [0.25, 0.3) is 0 Å². The van der Waals surface area contributed by atoms with Crippen molar-refractivity contribution in [3.63, 3.8) is 0 Å². The fraction of sp³-hybridized carbons (Fsp3) is 0.500. The zero-order chi connectivity index (χ0) is 15.8. The first-order chi connectivity index (χ1) is 9.97. The Balaban J connectivity index is 2.84. The quantitative estimate of drug-likeness (QED) is 0.769. The summed E-state index contributed by atoms with van der Waals surface area (Å²) < 4.78 is 0. The zero-order valence-corrected chi connectivity index (χ0v) is 12.9. The molecule has 0 fully saturated rings. The van der Waals surface area contributed by atoms with E-state index >= 15 is 0 Å². The first-order valence-electron chi connectivity index (χ1n) is 7.22. The van der Waals surface area contributed by atoms with Crippen molar-refractivity contribution in [1.82, 2.24) is 10.2 Å². The first kappa shape index (κ1) is 17.2. The number of rotatable bonds is 8. The van der Waals surface area contributed by atoms with Crippen LogP contribution < -0.4 is 5.32 Å². The Hall–Kier alpha value is -1.88. The van der Waals surface area contributed by atoms with Crippen molar-refractivity contribution >= 4 is 11.9 Å². The number of nitrogens with zero attached hydrogens (tertiary/aromatic N) is 1. The molecule has 1 rings (SSSR count). The number of unbranched alkanes of at least 4 members (excludes halogenated alkanes) is 1. The summed E-state index contributed by atoms with van der Waals surface area (Å²) in [6, 6.07) is 8.03. The van der Waals surface area contributed by atoms with E-state index < -0.39 is 18.1 Å². The molecule has 0 saturated heterocycles. The van der Waals surface area contributed by atoms with E-state index in [9.17, 15) is 14.7 Å². The van der Waals surface area contributed by atoms with Crippen LogP contribution in [0.3, 0.4) is 0 Å². The summed E-state index contributed by atoms with van der Waals surface area (Å²) >= 11 is 0. The van der Waals surface area contributed by atoms with Gasteiger partial charge >= 0.3 is 5.97 Å². The molecule has 5 nitrogen and oxygen atoms in total. The predicted molar refractivity (Wildman–Crippen MR) is 82.0 cm³/mol. The fourth-order valence-corrected chi connectivity index (χ4v) is 2.24. The molecule has 1 aromatic carbocycles. The first-order valence-corrected chi connectivity index (χ1v) is 7.22. The van der Waals surface area contributed by atoms with Gasteiger partial charge in [0.25, 0.3) is 0 Å². The van der Waals surface area contributed by atoms with Gasteiger partial charge in [0.15, 0.2) is 0 Å². The molecular formula is C16H24N2O3. The monoisotopic (exact) mass is 292 g/mol. The molecule has 21 heavy (non-hydrogen) atoms. The third-order valence-corrected chi connectivity index (χ3v) is 3.34. The second-order valence-electron chi connectivity index (χ2n) is 5.32. The highest BCUT2D eigenvalue weighted by Gasteiger charge is 2.27. The van der Waals surface area contributed by atoms with Crippen LogP contribution in [0.1, 0.15) is 37.8 Å². The number of carbonyl (C=O) groups is 2. The Kier molecular flexibility index (Phi) is 6.88. The molecule has 0 spiro atoms.